The van der Waals surface area contributed by atoms with Crippen LogP contribution in [0.5, 0.6) is 0 Å². The molecule has 1 aromatic rings. The zero-order chi connectivity index (χ0) is 16.3. The van der Waals surface area contributed by atoms with Gasteiger partial charge in [-0.05, 0) is 17.9 Å². The van der Waals surface area contributed by atoms with Crippen molar-refractivity contribution in [1.29, 1.82) is 0 Å². The van der Waals surface area contributed by atoms with Gasteiger partial charge < -0.3 is 0 Å². The summed E-state index contributed by atoms with van der Waals surface area (Å²) in [6, 6.07) is 3.56. The molecule has 2 rings (SSSR count). The van der Waals surface area contributed by atoms with E-state index in [1.54, 1.807) is 18.2 Å². The third-order valence-electron chi connectivity index (χ3n) is 3.23. The zero-order valence-corrected chi connectivity index (χ0v) is 13.7. The number of thiophene rings is 1. The standard InChI is InChI=1S/C13H17N3O4S2/c1-22(19,20)16(14)13(18)10-4-2-6-15(8-10)9-11(17)12-5-3-7-21-12/h3-5,7H,2,6,8-9,14H2,1H3. The summed E-state index contributed by atoms with van der Waals surface area (Å²) in [6.07, 6.45) is 3.10. The quantitative estimate of drug-likeness (QED) is 0.355. The third kappa shape index (κ3) is 4.01. The lowest BCUT2D eigenvalue weighted by molar-refractivity contribution is -0.123. The molecule has 0 spiro atoms. The molecular weight excluding hydrogens is 326 g/mol. The summed E-state index contributed by atoms with van der Waals surface area (Å²) >= 11 is 1.37. The highest BCUT2D eigenvalue weighted by molar-refractivity contribution is 7.88. The molecule has 0 bridgehead atoms. The van der Waals surface area contributed by atoms with Crippen molar-refractivity contribution in [3.05, 3.63) is 34.0 Å². The first kappa shape index (κ1) is 16.8. The van der Waals surface area contributed by atoms with Crippen molar-refractivity contribution >= 4 is 33.1 Å². The highest BCUT2D eigenvalue weighted by Crippen LogP contribution is 2.15. The van der Waals surface area contributed by atoms with E-state index in [0.29, 0.717) is 17.8 Å². The van der Waals surface area contributed by atoms with E-state index in [1.807, 2.05) is 10.3 Å². The van der Waals surface area contributed by atoms with Crippen LogP contribution in [0.3, 0.4) is 0 Å². The summed E-state index contributed by atoms with van der Waals surface area (Å²) < 4.78 is 22.9. The maximum absolute atomic E-state index is 12.1. The molecule has 1 aromatic heterocycles. The van der Waals surface area contributed by atoms with Crippen LogP contribution in [0.25, 0.3) is 0 Å². The predicted octanol–water partition coefficient (Wildman–Crippen LogP) is 0.225. The van der Waals surface area contributed by atoms with E-state index in [2.05, 4.69) is 0 Å². The molecule has 7 nitrogen and oxygen atoms in total. The summed E-state index contributed by atoms with van der Waals surface area (Å²) in [5.41, 5.74) is 0.290. The topological polar surface area (TPSA) is 101 Å². The van der Waals surface area contributed by atoms with Gasteiger partial charge in [0.05, 0.1) is 17.7 Å². The SMILES string of the molecule is CS(=O)(=O)N(N)C(=O)C1=CCCN(CC(=O)c2cccs2)C1. The van der Waals surface area contributed by atoms with Crippen LogP contribution in [0, 0.1) is 0 Å². The van der Waals surface area contributed by atoms with E-state index < -0.39 is 15.9 Å². The monoisotopic (exact) mass is 343 g/mol. The molecule has 2 N–H and O–H groups in total. The van der Waals surface area contributed by atoms with Crippen LogP contribution >= 0.6 is 11.3 Å². The van der Waals surface area contributed by atoms with E-state index in [9.17, 15) is 18.0 Å². The molecule has 0 aromatic carbocycles. The molecule has 0 saturated heterocycles. The fraction of sp³-hybridized carbons (Fsp3) is 0.385. The minimum Gasteiger partial charge on any atom is -0.292 e. The van der Waals surface area contributed by atoms with Crippen LogP contribution in [-0.2, 0) is 14.8 Å². The number of hydrogen-bond donors (Lipinski definition) is 1. The predicted molar refractivity (Wildman–Crippen MR) is 83.7 cm³/mol. The van der Waals surface area contributed by atoms with Gasteiger partial charge in [0.1, 0.15) is 0 Å². The summed E-state index contributed by atoms with van der Waals surface area (Å²) in [5.74, 6) is 4.55. The average Bonchev–Trinajstić information content (AvgIpc) is 2.99. The van der Waals surface area contributed by atoms with E-state index in [1.165, 1.54) is 11.3 Å². The molecule has 0 aliphatic carbocycles. The fourth-order valence-corrected chi connectivity index (χ4v) is 3.18. The highest BCUT2D eigenvalue weighted by atomic mass is 32.2. The van der Waals surface area contributed by atoms with Gasteiger partial charge in [0.2, 0.25) is 10.0 Å². The normalized spacial score (nSPS) is 16.2. The van der Waals surface area contributed by atoms with Crippen molar-refractivity contribution in [2.24, 2.45) is 5.84 Å². The molecular formula is C13H17N3O4S2. The number of ketones is 1. The van der Waals surface area contributed by atoms with Crippen molar-refractivity contribution in [3.63, 3.8) is 0 Å². The van der Waals surface area contributed by atoms with Gasteiger partial charge in [-0.2, -0.15) is 4.41 Å². The molecule has 120 valence electrons. The number of nitrogens with zero attached hydrogens (tertiary/aromatic N) is 2. The minimum absolute atomic E-state index is 0.0172. The Hall–Kier alpha value is -1.55. The van der Waals surface area contributed by atoms with Crippen LogP contribution in [-0.4, -0.2) is 55.3 Å². The van der Waals surface area contributed by atoms with Crippen molar-refractivity contribution < 1.29 is 18.0 Å². The molecule has 0 saturated carbocycles. The largest absolute Gasteiger partial charge is 0.292 e. The van der Waals surface area contributed by atoms with Crippen molar-refractivity contribution in [2.45, 2.75) is 6.42 Å². The lowest BCUT2D eigenvalue weighted by Gasteiger charge is -2.27. The molecule has 0 fully saturated rings. The number of carbonyl (C=O) groups is 2. The number of rotatable bonds is 5. The Kier molecular flexibility index (Phi) is 5.12. The van der Waals surface area contributed by atoms with Crippen molar-refractivity contribution in [3.8, 4) is 0 Å². The van der Waals surface area contributed by atoms with Gasteiger partial charge in [-0.25, -0.2) is 14.3 Å². The Bertz CT molecular complexity index is 695. The maximum Gasteiger partial charge on any atom is 0.278 e. The molecule has 0 radical (unpaired) electrons. The molecule has 22 heavy (non-hydrogen) atoms. The Labute approximate surface area is 133 Å². The molecule has 9 heteroatoms. The van der Waals surface area contributed by atoms with Crippen LogP contribution in [0.4, 0.5) is 0 Å². The zero-order valence-electron chi connectivity index (χ0n) is 12.1. The first-order valence-electron chi connectivity index (χ1n) is 6.56. The van der Waals surface area contributed by atoms with E-state index in [0.717, 1.165) is 6.26 Å². The Morgan fingerprint density at radius 2 is 2.18 bits per heavy atom. The van der Waals surface area contributed by atoms with Crippen molar-refractivity contribution in [1.82, 2.24) is 9.31 Å². The number of amides is 1. The molecule has 2 heterocycles. The highest BCUT2D eigenvalue weighted by Gasteiger charge is 2.27. The second-order valence-corrected chi connectivity index (χ2v) is 7.80. The maximum atomic E-state index is 12.1. The van der Waals surface area contributed by atoms with Gasteiger partial charge in [0.15, 0.2) is 5.78 Å². The van der Waals surface area contributed by atoms with E-state index in [-0.39, 0.29) is 28.9 Å². The Balaban J connectivity index is 2.01. The van der Waals surface area contributed by atoms with E-state index >= 15 is 0 Å². The van der Waals surface area contributed by atoms with Gasteiger partial charge >= 0.3 is 0 Å². The van der Waals surface area contributed by atoms with Gasteiger partial charge in [-0.3, -0.25) is 14.5 Å². The molecule has 1 aliphatic rings. The average molecular weight is 343 g/mol. The van der Waals surface area contributed by atoms with Gasteiger partial charge in [0, 0.05) is 18.7 Å². The molecule has 0 unspecified atom stereocenters. The van der Waals surface area contributed by atoms with Gasteiger partial charge in [-0.1, -0.05) is 12.1 Å². The van der Waals surface area contributed by atoms with Crippen LogP contribution < -0.4 is 5.84 Å². The van der Waals surface area contributed by atoms with E-state index in [4.69, 9.17) is 5.84 Å². The number of sulfonamides is 1. The summed E-state index contributed by atoms with van der Waals surface area (Å²) in [7, 11) is -3.79. The van der Waals surface area contributed by atoms with Crippen LogP contribution in [0.2, 0.25) is 0 Å². The second-order valence-electron chi connectivity index (χ2n) is 4.99. The van der Waals surface area contributed by atoms with Crippen molar-refractivity contribution in [2.75, 3.05) is 25.9 Å². The smallest absolute Gasteiger partial charge is 0.278 e. The lowest BCUT2D eigenvalue weighted by Crippen LogP contribution is -2.46. The Morgan fingerprint density at radius 1 is 1.45 bits per heavy atom. The third-order valence-corrected chi connectivity index (χ3v) is 5.02. The molecule has 0 atom stereocenters. The first-order valence-corrected chi connectivity index (χ1v) is 9.29. The number of nitrogens with two attached hydrogens (primary N) is 1. The lowest BCUT2D eigenvalue weighted by atomic mass is 10.1. The Morgan fingerprint density at radius 3 is 2.77 bits per heavy atom. The molecule has 1 amide bonds. The first-order chi connectivity index (χ1) is 10.3. The van der Waals surface area contributed by atoms with Gasteiger partial charge in [-0.15, -0.1) is 11.3 Å². The minimum atomic E-state index is -3.79. The van der Waals surface area contributed by atoms with Crippen LogP contribution in [0.15, 0.2) is 29.2 Å². The summed E-state index contributed by atoms with van der Waals surface area (Å²) in [4.78, 5) is 26.6. The number of carbonyl (C=O) groups excluding carboxylic acids is 2. The summed E-state index contributed by atoms with van der Waals surface area (Å²) in [5, 5.41) is 1.83. The molecule has 1 aliphatic heterocycles. The second kappa shape index (κ2) is 6.69. The fourth-order valence-electron chi connectivity index (χ4n) is 2.11. The number of Topliss-reactive ketones (excluding diaryl/α,β-unsaturated/α-hetero) is 1. The van der Waals surface area contributed by atoms with Gasteiger partial charge in [0.25, 0.3) is 5.91 Å². The number of hydrazine groups is 1. The number of hydrogen-bond acceptors (Lipinski definition) is 7. The summed E-state index contributed by atoms with van der Waals surface area (Å²) in [6.45, 7) is 1.03. The van der Waals surface area contributed by atoms with Crippen LogP contribution in [0.1, 0.15) is 16.1 Å².